The van der Waals surface area contributed by atoms with Gasteiger partial charge in [-0.05, 0) is 36.4 Å². The minimum absolute atomic E-state index is 0.360. The van der Waals surface area contributed by atoms with Crippen LogP contribution in [0.25, 0.3) is 21.8 Å². The Morgan fingerprint density at radius 1 is 0.471 bits per heavy atom. The molecule has 0 bridgehead atoms. The average molecular weight is 453 g/mol. The fourth-order valence-electron chi connectivity index (χ4n) is 3.69. The Bertz CT molecular complexity index is 1350. The van der Waals surface area contributed by atoms with Crippen LogP contribution in [0.15, 0.2) is 72.8 Å². The highest BCUT2D eigenvalue weighted by atomic mass is 16.5. The van der Waals surface area contributed by atoms with E-state index in [1.165, 1.54) is 0 Å². The maximum absolute atomic E-state index is 5.81. The lowest BCUT2D eigenvalue weighted by molar-refractivity contribution is 0.102. The highest BCUT2D eigenvalue weighted by Gasteiger charge is 2.08. The minimum atomic E-state index is 0.360. The summed E-state index contributed by atoms with van der Waals surface area (Å²) in [5, 5.41) is 2.03. The predicted octanol–water partition coefficient (Wildman–Crippen LogP) is 4.17. The van der Waals surface area contributed by atoms with Crippen molar-refractivity contribution in [3.8, 4) is 0 Å². The minimum Gasteiger partial charge on any atom is -0.384 e. The van der Waals surface area contributed by atoms with E-state index in [0.29, 0.717) is 38.1 Å². The summed E-state index contributed by atoms with van der Waals surface area (Å²) in [5.74, 6) is 0.956. The van der Waals surface area contributed by atoms with E-state index in [4.69, 9.17) is 30.9 Å². The van der Waals surface area contributed by atoms with Gasteiger partial charge in [0.2, 0.25) is 0 Å². The van der Waals surface area contributed by atoms with Gasteiger partial charge in [-0.15, -0.1) is 0 Å². The van der Waals surface area contributed by atoms with Gasteiger partial charge in [0, 0.05) is 10.8 Å². The number of nitrogen functional groups attached to an aromatic ring is 2. The smallest absolute Gasteiger partial charge is 0.123 e. The number of hydrogen-bond donors (Lipinski definition) is 2. The first-order valence-corrected chi connectivity index (χ1v) is 10.9. The van der Waals surface area contributed by atoms with Crippen LogP contribution >= 0.6 is 0 Å². The van der Waals surface area contributed by atoms with Crippen LogP contribution in [-0.2, 0) is 35.9 Å². The van der Waals surface area contributed by atoms with Gasteiger partial charge in [0.15, 0.2) is 0 Å². The zero-order valence-electron chi connectivity index (χ0n) is 18.5. The summed E-state index contributed by atoms with van der Waals surface area (Å²) >= 11 is 0. The number of ether oxygens (including phenoxy) is 2. The van der Waals surface area contributed by atoms with E-state index in [1.807, 2.05) is 48.5 Å². The Balaban J connectivity index is 1.32. The molecule has 0 saturated heterocycles. The first-order valence-electron chi connectivity index (χ1n) is 10.9. The molecule has 34 heavy (non-hydrogen) atoms. The maximum Gasteiger partial charge on any atom is 0.123 e. The fraction of sp³-hybridized carbons (Fsp3) is 0.154. The normalized spacial score (nSPS) is 11.3. The molecule has 5 rings (SSSR count). The van der Waals surface area contributed by atoms with Crippen LogP contribution in [0.5, 0.6) is 0 Å². The van der Waals surface area contributed by atoms with Crippen LogP contribution in [0.4, 0.5) is 11.6 Å². The Morgan fingerprint density at radius 2 is 0.853 bits per heavy atom. The Morgan fingerprint density at radius 3 is 1.26 bits per heavy atom. The topological polar surface area (TPSA) is 122 Å². The Hall–Kier alpha value is -4.14. The predicted molar refractivity (Wildman–Crippen MR) is 131 cm³/mol. The SMILES string of the molecule is Nc1cccc(COCc2ccc3ccc4ccc(COCc5cccc(N)n5)nc4c3n2)n1. The molecular formula is C26H24N6O2. The number of fused-ring (bicyclic) bond motifs is 3. The van der Waals surface area contributed by atoms with Gasteiger partial charge in [-0.25, -0.2) is 19.9 Å². The molecule has 4 N–H and O–H groups in total. The second-order valence-corrected chi connectivity index (χ2v) is 7.91. The van der Waals surface area contributed by atoms with E-state index in [0.717, 1.165) is 44.6 Å². The first kappa shape index (κ1) is 21.7. The summed E-state index contributed by atoms with van der Waals surface area (Å²) in [6, 6.07) is 23.1. The van der Waals surface area contributed by atoms with Crippen LogP contribution in [0, 0.1) is 0 Å². The van der Waals surface area contributed by atoms with Gasteiger partial charge in [0.1, 0.15) is 11.6 Å². The van der Waals surface area contributed by atoms with Crippen molar-refractivity contribution >= 4 is 33.4 Å². The van der Waals surface area contributed by atoms with Crippen LogP contribution in [0.2, 0.25) is 0 Å². The summed E-state index contributed by atoms with van der Waals surface area (Å²) < 4.78 is 11.6. The highest BCUT2D eigenvalue weighted by molar-refractivity contribution is 6.02. The highest BCUT2D eigenvalue weighted by Crippen LogP contribution is 2.23. The Labute approximate surface area is 196 Å². The van der Waals surface area contributed by atoms with Crippen molar-refractivity contribution in [2.75, 3.05) is 11.5 Å². The molecule has 170 valence electrons. The fourth-order valence-corrected chi connectivity index (χ4v) is 3.69. The lowest BCUT2D eigenvalue weighted by Gasteiger charge is -2.09. The molecule has 4 aromatic heterocycles. The molecule has 0 fully saturated rings. The molecule has 8 nitrogen and oxygen atoms in total. The van der Waals surface area contributed by atoms with E-state index in [2.05, 4.69) is 22.1 Å². The lowest BCUT2D eigenvalue weighted by Crippen LogP contribution is -2.01. The van der Waals surface area contributed by atoms with Crippen LogP contribution in [0.1, 0.15) is 22.8 Å². The zero-order valence-corrected chi connectivity index (χ0v) is 18.5. The zero-order chi connectivity index (χ0) is 23.3. The first-order chi connectivity index (χ1) is 16.6. The van der Waals surface area contributed by atoms with E-state index in [9.17, 15) is 0 Å². The molecule has 0 unspecified atom stereocenters. The monoisotopic (exact) mass is 452 g/mol. The van der Waals surface area contributed by atoms with Crippen molar-refractivity contribution in [3.05, 3.63) is 95.6 Å². The number of anilines is 2. The summed E-state index contributed by atoms with van der Waals surface area (Å²) in [7, 11) is 0. The number of hydrogen-bond acceptors (Lipinski definition) is 8. The van der Waals surface area contributed by atoms with Crippen molar-refractivity contribution in [1.82, 2.24) is 19.9 Å². The molecule has 1 aromatic carbocycles. The summed E-state index contributed by atoms with van der Waals surface area (Å²) in [6.07, 6.45) is 0. The second kappa shape index (κ2) is 9.78. The molecule has 0 aliphatic carbocycles. The van der Waals surface area contributed by atoms with Gasteiger partial charge in [-0.1, -0.05) is 36.4 Å². The summed E-state index contributed by atoms with van der Waals surface area (Å²) in [4.78, 5) is 18.2. The van der Waals surface area contributed by atoms with Crippen LogP contribution < -0.4 is 11.5 Å². The molecule has 0 aliphatic rings. The van der Waals surface area contributed by atoms with Gasteiger partial charge in [0.25, 0.3) is 0 Å². The lowest BCUT2D eigenvalue weighted by atomic mass is 10.1. The van der Waals surface area contributed by atoms with Crippen molar-refractivity contribution in [1.29, 1.82) is 0 Å². The molecule has 8 heteroatoms. The van der Waals surface area contributed by atoms with Crippen molar-refractivity contribution in [2.45, 2.75) is 26.4 Å². The maximum atomic E-state index is 5.81. The van der Waals surface area contributed by atoms with Crippen molar-refractivity contribution in [3.63, 3.8) is 0 Å². The van der Waals surface area contributed by atoms with E-state index in [-0.39, 0.29) is 0 Å². The molecule has 0 saturated carbocycles. The largest absolute Gasteiger partial charge is 0.384 e. The van der Waals surface area contributed by atoms with Crippen molar-refractivity contribution < 1.29 is 9.47 Å². The van der Waals surface area contributed by atoms with Gasteiger partial charge < -0.3 is 20.9 Å². The van der Waals surface area contributed by atoms with Crippen LogP contribution in [0.3, 0.4) is 0 Å². The number of nitrogens with two attached hydrogens (primary N) is 2. The number of pyridine rings is 4. The number of aromatic nitrogens is 4. The third-order valence-corrected chi connectivity index (χ3v) is 5.29. The molecule has 0 atom stereocenters. The molecule has 5 aromatic rings. The Kier molecular flexibility index (Phi) is 6.24. The van der Waals surface area contributed by atoms with E-state index in [1.54, 1.807) is 12.1 Å². The third-order valence-electron chi connectivity index (χ3n) is 5.29. The number of rotatable bonds is 8. The van der Waals surface area contributed by atoms with Crippen LogP contribution in [-0.4, -0.2) is 19.9 Å². The third kappa shape index (κ3) is 5.09. The molecule has 0 spiro atoms. The summed E-state index contributed by atoms with van der Waals surface area (Å²) in [6.45, 7) is 1.45. The van der Waals surface area contributed by atoms with Gasteiger partial charge in [-0.3, -0.25) is 0 Å². The van der Waals surface area contributed by atoms with Crippen molar-refractivity contribution in [2.24, 2.45) is 0 Å². The quantitative estimate of drug-likeness (QED) is 0.336. The molecule has 0 amide bonds. The molecule has 0 aliphatic heterocycles. The van der Waals surface area contributed by atoms with E-state index < -0.39 is 0 Å². The molecule has 4 heterocycles. The van der Waals surface area contributed by atoms with Gasteiger partial charge >= 0.3 is 0 Å². The number of nitrogens with zero attached hydrogens (tertiary/aromatic N) is 4. The molecule has 0 radical (unpaired) electrons. The summed E-state index contributed by atoms with van der Waals surface area (Å²) in [5.41, 5.74) is 16.3. The molecular weight excluding hydrogens is 428 g/mol. The number of benzene rings is 1. The second-order valence-electron chi connectivity index (χ2n) is 7.91. The van der Waals surface area contributed by atoms with Gasteiger partial charge in [-0.2, -0.15) is 0 Å². The average Bonchev–Trinajstić information content (AvgIpc) is 2.84. The van der Waals surface area contributed by atoms with Gasteiger partial charge in [0.05, 0.1) is 60.2 Å². The standard InChI is InChI=1S/C26H24N6O2/c27-23-5-1-3-19(29-23)13-33-15-21-11-9-17-7-8-18-10-12-22(32-26(18)25(17)31-21)16-34-14-20-4-2-6-24(28)30-20/h1-12H,13-16H2,(H2,27,29)(H2,28,30). The van der Waals surface area contributed by atoms with E-state index >= 15 is 0 Å².